The minimum absolute atomic E-state index is 0.388. The molecule has 1 aliphatic heterocycles. The fraction of sp³-hybridized carbons (Fsp3) is 0.625. The molecule has 0 radical (unpaired) electrons. The lowest BCUT2D eigenvalue weighted by Gasteiger charge is -2.45. The molecule has 0 spiro atoms. The van der Waals surface area contributed by atoms with Crippen LogP contribution in [0.2, 0.25) is 0 Å². The van der Waals surface area contributed by atoms with Crippen molar-refractivity contribution in [3.05, 3.63) is 23.4 Å². The molecule has 108 valence electrons. The predicted octanol–water partition coefficient (Wildman–Crippen LogP) is 3.25. The van der Waals surface area contributed by atoms with Crippen LogP contribution in [0, 0.1) is 12.8 Å². The average molecular weight is 274 g/mol. The van der Waals surface area contributed by atoms with Crippen LogP contribution < -0.4 is 4.90 Å². The Hall–Kier alpha value is -1.58. The monoisotopic (exact) mass is 274 g/mol. The van der Waals surface area contributed by atoms with Crippen LogP contribution in [0.4, 0.5) is 5.82 Å². The Kier molecular flexibility index (Phi) is 3.64. The number of hydrogen-bond acceptors (Lipinski definition) is 3. The van der Waals surface area contributed by atoms with Gasteiger partial charge in [-0.1, -0.05) is 12.8 Å². The van der Waals surface area contributed by atoms with Crippen LogP contribution in [0.15, 0.2) is 12.3 Å². The number of hydrogen-bond donors (Lipinski definition) is 1. The third-order valence-electron chi connectivity index (χ3n) is 4.87. The molecule has 1 aromatic heterocycles. The van der Waals surface area contributed by atoms with Crippen LogP contribution in [0.1, 0.15) is 54.4 Å². The predicted molar refractivity (Wildman–Crippen MR) is 78.3 cm³/mol. The number of anilines is 1. The van der Waals surface area contributed by atoms with E-state index in [1.54, 1.807) is 12.3 Å². The first-order valence-corrected chi connectivity index (χ1v) is 7.64. The summed E-state index contributed by atoms with van der Waals surface area (Å²) in [5, 5.41) is 9.51. The molecule has 1 saturated carbocycles. The van der Waals surface area contributed by atoms with E-state index in [0.29, 0.717) is 17.4 Å². The maximum atomic E-state index is 11.6. The molecule has 1 aromatic rings. The van der Waals surface area contributed by atoms with Crippen molar-refractivity contribution in [1.29, 1.82) is 0 Å². The number of carbonyl (C=O) groups is 1. The van der Waals surface area contributed by atoms with E-state index < -0.39 is 5.97 Å². The molecule has 0 aromatic carbocycles. The van der Waals surface area contributed by atoms with E-state index in [-0.39, 0.29) is 0 Å². The van der Waals surface area contributed by atoms with Crippen molar-refractivity contribution in [3.63, 3.8) is 0 Å². The molecule has 2 atom stereocenters. The number of rotatable bonds is 2. The summed E-state index contributed by atoms with van der Waals surface area (Å²) in [7, 11) is 0. The van der Waals surface area contributed by atoms with Gasteiger partial charge in [-0.2, -0.15) is 0 Å². The average Bonchev–Trinajstić information content (AvgIpc) is 2.46. The second-order valence-electron chi connectivity index (χ2n) is 6.08. The Labute approximate surface area is 119 Å². The Morgan fingerprint density at radius 1 is 1.30 bits per heavy atom. The van der Waals surface area contributed by atoms with Gasteiger partial charge in [0.25, 0.3) is 0 Å². The van der Waals surface area contributed by atoms with E-state index in [9.17, 15) is 9.90 Å². The van der Waals surface area contributed by atoms with Crippen molar-refractivity contribution in [2.24, 2.45) is 5.92 Å². The van der Waals surface area contributed by atoms with Gasteiger partial charge in [-0.3, -0.25) is 0 Å². The SMILES string of the molecule is Cc1ccnc(N2CCCC3CCCCC32)c1C(=O)O. The molecule has 2 fully saturated rings. The lowest BCUT2D eigenvalue weighted by molar-refractivity contribution is 0.0696. The number of aryl methyl sites for hydroxylation is 1. The minimum Gasteiger partial charge on any atom is -0.478 e. The standard InChI is InChI=1S/C16H22N2O2/c1-11-8-9-17-15(14(11)16(19)20)18-10-4-6-12-5-2-3-7-13(12)18/h8-9,12-13H,2-7,10H2,1H3,(H,19,20). The van der Waals surface area contributed by atoms with Crippen molar-refractivity contribution < 1.29 is 9.90 Å². The van der Waals surface area contributed by atoms with E-state index in [2.05, 4.69) is 9.88 Å². The largest absolute Gasteiger partial charge is 0.478 e. The van der Waals surface area contributed by atoms with Crippen molar-refractivity contribution in [2.75, 3.05) is 11.4 Å². The topological polar surface area (TPSA) is 53.4 Å². The van der Waals surface area contributed by atoms with Gasteiger partial charge in [0.1, 0.15) is 11.4 Å². The molecule has 2 unspecified atom stereocenters. The molecule has 0 bridgehead atoms. The van der Waals surface area contributed by atoms with Gasteiger partial charge in [0.15, 0.2) is 0 Å². The molecule has 1 saturated heterocycles. The van der Waals surface area contributed by atoms with E-state index in [4.69, 9.17) is 0 Å². The van der Waals surface area contributed by atoms with Gasteiger partial charge < -0.3 is 10.0 Å². The van der Waals surface area contributed by atoms with Gasteiger partial charge in [-0.25, -0.2) is 9.78 Å². The summed E-state index contributed by atoms with van der Waals surface area (Å²) >= 11 is 0. The van der Waals surface area contributed by atoms with Crippen LogP contribution >= 0.6 is 0 Å². The van der Waals surface area contributed by atoms with Gasteiger partial charge in [0.2, 0.25) is 0 Å². The third kappa shape index (κ3) is 2.28. The Morgan fingerprint density at radius 3 is 2.85 bits per heavy atom. The molecular formula is C16H22N2O2. The van der Waals surface area contributed by atoms with Crippen molar-refractivity contribution >= 4 is 11.8 Å². The van der Waals surface area contributed by atoms with Gasteiger partial charge in [0, 0.05) is 18.8 Å². The van der Waals surface area contributed by atoms with Gasteiger partial charge in [-0.05, 0) is 50.2 Å². The second kappa shape index (κ2) is 5.43. The fourth-order valence-corrected chi connectivity index (χ4v) is 3.91. The zero-order valence-electron chi connectivity index (χ0n) is 12.0. The minimum atomic E-state index is -0.858. The van der Waals surface area contributed by atoms with Crippen molar-refractivity contribution in [1.82, 2.24) is 4.98 Å². The Bertz CT molecular complexity index is 513. The highest BCUT2D eigenvalue weighted by molar-refractivity contribution is 5.95. The first kappa shape index (κ1) is 13.4. The van der Waals surface area contributed by atoms with E-state index >= 15 is 0 Å². The van der Waals surface area contributed by atoms with Crippen LogP contribution in [0.5, 0.6) is 0 Å². The molecule has 1 N–H and O–H groups in total. The van der Waals surface area contributed by atoms with Gasteiger partial charge >= 0.3 is 5.97 Å². The number of nitrogens with zero attached hydrogens (tertiary/aromatic N) is 2. The summed E-state index contributed by atoms with van der Waals surface area (Å²) in [4.78, 5) is 18.3. The summed E-state index contributed by atoms with van der Waals surface area (Å²) < 4.78 is 0. The number of fused-ring (bicyclic) bond motifs is 1. The molecule has 1 aliphatic carbocycles. The van der Waals surface area contributed by atoms with E-state index in [1.165, 1.54) is 32.1 Å². The van der Waals surface area contributed by atoms with Crippen LogP contribution in [0.3, 0.4) is 0 Å². The number of carboxylic acids is 1. The molecule has 4 nitrogen and oxygen atoms in total. The lowest BCUT2D eigenvalue weighted by Crippen LogP contribution is -2.47. The highest BCUT2D eigenvalue weighted by atomic mass is 16.4. The van der Waals surface area contributed by atoms with Gasteiger partial charge in [-0.15, -0.1) is 0 Å². The molecule has 2 heterocycles. The van der Waals surface area contributed by atoms with Crippen LogP contribution in [-0.4, -0.2) is 28.6 Å². The zero-order chi connectivity index (χ0) is 14.1. The number of pyridine rings is 1. The summed E-state index contributed by atoms with van der Waals surface area (Å²) in [6.45, 7) is 2.80. The number of piperidine rings is 1. The lowest BCUT2D eigenvalue weighted by atomic mass is 9.78. The molecular weight excluding hydrogens is 252 g/mol. The summed E-state index contributed by atoms with van der Waals surface area (Å²) in [6.07, 6.45) is 9.22. The number of aromatic nitrogens is 1. The summed E-state index contributed by atoms with van der Waals surface area (Å²) in [5.74, 6) is 0.555. The second-order valence-corrected chi connectivity index (χ2v) is 6.08. The highest BCUT2D eigenvalue weighted by Gasteiger charge is 2.35. The van der Waals surface area contributed by atoms with Crippen molar-refractivity contribution in [3.8, 4) is 0 Å². The highest BCUT2D eigenvalue weighted by Crippen LogP contribution is 2.38. The fourth-order valence-electron chi connectivity index (χ4n) is 3.91. The van der Waals surface area contributed by atoms with Crippen molar-refractivity contribution in [2.45, 2.75) is 51.5 Å². The molecule has 4 heteroatoms. The molecule has 3 rings (SSSR count). The normalized spacial score (nSPS) is 26.1. The molecule has 2 aliphatic rings. The Morgan fingerprint density at radius 2 is 2.05 bits per heavy atom. The molecule has 0 amide bonds. The van der Waals surface area contributed by atoms with Crippen LogP contribution in [-0.2, 0) is 0 Å². The smallest absolute Gasteiger partial charge is 0.339 e. The maximum Gasteiger partial charge on any atom is 0.339 e. The summed E-state index contributed by atoms with van der Waals surface area (Å²) in [6, 6.07) is 2.28. The maximum absolute atomic E-state index is 11.6. The van der Waals surface area contributed by atoms with E-state index in [0.717, 1.165) is 24.4 Å². The number of carboxylic acid groups (broad SMARTS) is 1. The molecule has 20 heavy (non-hydrogen) atoms. The first-order chi connectivity index (χ1) is 9.68. The van der Waals surface area contributed by atoms with Gasteiger partial charge in [0.05, 0.1) is 0 Å². The van der Waals surface area contributed by atoms with E-state index in [1.807, 2.05) is 6.92 Å². The number of aromatic carboxylic acids is 1. The first-order valence-electron chi connectivity index (χ1n) is 7.64. The van der Waals surface area contributed by atoms with Crippen LogP contribution in [0.25, 0.3) is 0 Å². The zero-order valence-corrected chi connectivity index (χ0v) is 12.0. The Balaban J connectivity index is 1.99. The third-order valence-corrected chi connectivity index (χ3v) is 4.87. The summed E-state index contributed by atoms with van der Waals surface area (Å²) in [5.41, 5.74) is 1.19. The quantitative estimate of drug-likeness (QED) is 0.899.